The summed E-state index contributed by atoms with van der Waals surface area (Å²) in [6.07, 6.45) is 5.29. The molecule has 0 aliphatic carbocycles. The maximum atomic E-state index is 12.6. The Labute approximate surface area is 201 Å². The number of nitrogens with zero attached hydrogens (tertiary/aromatic N) is 3. The number of carbonyl (C=O) groups excluding carboxylic acids is 1. The fraction of sp³-hybridized carbons (Fsp3) is 0.280. The summed E-state index contributed by atoms with van der Waals surface area (Å²) in [5, 5.41) is 17.4. The van der Waals surface area contributed by atoms with E-state index in [-0.39, 0.29) is 11.9 Å². The molecule has 3 aromatic rings. The summed E-state index contributed by atoms with van der Waals surface area (Å²) in [7, 11) is 0. The number of hydrogen-bond acceptors (Lipinski definition) is 6. The van der Waals surface area contributed by atoms with Crippen molar-refractivity contribution in [3.05, 3.63) is 84.2 Å². The molecule has 1 fully saturated rings. The Hall–Kier alpha value is -2.95. The normalized spacial score (nSPS) is 22.6. The Bertz CT molecular complexity index is 1160. The number of hydrogen-bond donors (Lipinski definition) is 3. The molecule has 8 nitrogen and oxygen atoms in total. The molecule has 2 aromatic carbocycles. The quantitative estimate of drug-likeness (QED) is 0.449. The summed E-state index contributed by atoms with van der Waals surface area (Å²) in [5.41, 5.74) is 4.04. The smallest absolute Gasteiger partial charge is 0.267 e. The van der Waals surface area contributed by atoms with E-state index in [1.54, 1.807) is 12.4 Å². The minimum Gasteiger partial charge on any atom is -0.592 e. The van der Waals surface area contributed by atoms with Crippen LogP contribution in [-0.4, -0.2) is 55.6 Å². The Morgan fingerprint density at radius 3 is 2.68 bits per heavy atom. The Morgan fingerprint density at radius 1 is 1.15 bits per heavy atom. The van der Waals surface area contributed by atoms with Crippen LogP contribution in [0.2, 0.25) is 0 Å². The molecule has 1 amide bonds. The minimum absolute atomic E-state index is 0.0360. The van der Waals surface area contributed by atoms with E-state index in [0.29, 0.717) is 11.4 Å². The van der Waals surface area contributed by atoms with Crippen molar-refractivity contribution in [2.24, 2.45) is 0 Å². The molecule has 9 heteroatoms. The second kappa shape index (κ2) is 10.1. The van der Waals surface area contributed by atoms with Crippen LogP contribution < -0.4 is 10.0 Å². The number of likely N-dealkylation sites (tertiary alicyclic amines) is 1. The van der Waals surface area contributed by atoms with Crippen molar-refractivity contribution >= 4 is 22.3 Å². The van der Waals surface area contributed by atoms with E-state index in [9.17, 15) is 14.5 Å². The standard InChI is InChI=1S/C25H27N5O3S/c31-23(27-22-10-11-29(17-22)15-19-4-2-1-3-5-19)12-18-6-8-20(9-7-18)21-14-26-30(16-21)25-13-24(32)28-34(25)33/h1-9,13-14,16,22,24,28,32H,10-12,15,17H2,(H,27,31). The van der Waals surface area contributed by atoms with Crippen molar-refractivity contribution in [3.63, 3.8) is 0 Å². The zero-order valence-corrected chi connectivity index (χ0v) is 19.4. The average Bonchev–Trinajstić information content (AvgIpc) is 3.55. The number of rotatable bonds is 7. The summed E-state index contributed by atoms with van der Waals surface area (Å²) in [4.78, 5) is 15.0. The lowest BCUT2D eigenvalue weighted by atomic mass is 10.1. The van der Waals surface area contributed by atoms with Crippen LogP contribution in [0.1, 0.15) is 17.5 Å². The number of aliphatic hydroxyl groups excluding tert-OH is 1. The molecule has 1 saturated heterocycles. The molecule has 5 rings (SSSR count). The summed E-state index contributed by atoms with van der Waals surface area (Å²) in [5.74, 6) is 0.0360. The summed E-state index contributed by atoms with van der Waals surface area (Å²) < 4.78 is 16.0. The highest BCUT2D eigenvalue weighted by Gasteiger charge is 2.29. The zero-order chi connectivity index (χ0) is 23.5. The van der Waals surface area contributed by atoms with Gasteiger partial charge in [-0.05, 0) is 23.1 Å². The number of aliphatic hydroxyl groups is 1. The Kier molecular flexibility index (Phi) is 6.80. The Balaban J connectivity index is 1.13. The fourth-order valence-corrected chi connectivity index (χ4v) is 5.30. The number of benzene rings is 2. The van der Waals surface area contributed by atoms with Gasteiger partial charge in [-0.15, -0.1) is 4.72 Å². The average molecular weight is 478 g/mol. The Morgan fingerprint density at radius 2 is 1.94 bits per heavy atom. The maximum absolute atomic E-state index is 12.6. The highest BCUT2D eigenvalue weighted by Crippen LogP contribution is 2.24. The molecule has 0 spiro atoms. The van der Waals surface area contributed by atoms with Gasteiger partial charge in [0.05, 0.1) is 12.6 Å². The van der Waals surface area contributed by atoms with Gasteiger partial charge in [0.2, 0.25) is 5.91 Å². The van der Waals surface area contributed by atoms with Crippen molar-refractivity contribution in [1.82, 2.24) is 24.7 Å². The van der Waals surface area contributed by atoms with E-state index >= 15 is 0 Å². The van der Waals surface area contributed by atoms with E-state index in [4.69, 9.17) is 0 Å². The first-order chi connectivity index (χ1) is 16.5. The number of aromatic nitrogens is 2. The fourth-order valence-electron chi connectivity index (χ4n) is 4.37. The molecule has 3 heterocycles. The van der Waals surface area contributed by atoms with Gasteiger partial charge in [-0.2, -0.15) is 9.78 Å². The molecular formula is C25H27N5O3S. The van der Waals surface area contributed by atoms with Crippen LogP contribution in [-0.2, 0) is 29.1 Å². The minimum atomic E-state index is -1.50. The van der Waals surface area contributed by atoms with Crippen LogP contribution in [0.4, 0.5) is 0 Å². The van der Waals surface area contributed by atoms with E-state index < -0.39 is 17.6 Å². The van der Waals surface area contributed by atoms with Gasteiger partial charge in [0.15, 0.2) is 6.23 Å². The summed E-state index contributed by atoms with van der Waals surface area (Å²) >= 11 is -1.50. The topological polar surface area (TPSA) is 105 Å². The molecule has 3 N–H and O–H groups in total. The monoisotopic (exact) mass is 477 g/mol. The van der Waals surface area contributed by atoms with E-state index in [1.165, 1.54) is 16.3 Å². The molecule has 0 radical (unpaired) electrons. The molecular weight excluding hydrogens is 450 g/mol. The van der Waals surface area contributed by atoms with Gasteiger partial charge in [0.25, 0.3) is 5.03 Å². The highest BCUT2D eigenvalue weighted by molar-refractivity contribution is 7.98. The number of amides is 1. The van der Waals surface area contributed by atoms with Crippen LogP contribution in [0.25, 0.3) is 16.2 Å². The lowest BCUT2D eigenvalue weighted by molar-refractivity contribution is -0.121. The summed E-state index contributed by atoms with van der Waals surface area (Å²) in [6, 6.07) is 18.4. The predicted octanol–water partition coefficient (Wildman–Crippen LogP) is 1.87. The molecule has 176 valence electrons. The van der Waals surface area contributed by atoms with Gasteiger partial charge in [-0.1, -0.05) is 54.6 Å². The molecule has 0 saturated carbocycles. The summed E-state index contributed by atoms with van der Waals surface area (Å²) in [6.45, 7) is 2.77. The van der Waals surface area contributed by atoms with Crippen LogP contribution in [0.5, 0.6) is 0 Å². The third kappa shape index (κ3) is 5.40. The van der Waals surface area contributed by atoms with Gasteiger partial charge in [-0.25, -0.2) is 0 Å². The lowest BCUT2D eigenvalue weighted by Gasteiger charge is -2.17. The van der Waals surface area contributed by atoms with Crippen LogP contribution in [0.3, 0.4) is 0 Å². The van der Waals surface area contributed by atoms with Crippen molar-refractivity contribution in [2.75, 3.05) is 13.1 Å². The molecule has 1 aromatic heterocycles. The SMILES string of the molecule is O=C(Cc1ccc(-c2cnn(C3=CC(O)N[S+]3[O-])c2)cc1)NC1CCN(Cc2ccccc2)C1. The lowest BCUT2D eigenvalue weighted by Crippen LogP contribution is -2.37. The first-order valence-corrected chi connectivity index (χ1v) is 12.5. The number of carbonyl (C=O) groups is 1. The predicted molar refractivity (Wildman–Crippen MR) is 131 cm³/mol. The zero-order valence-electron chi connectivity index (χ0n) is 18.6. The van der Waals surface area contributed by atoms with Gasteiger partial charge in [-0.3, -0.25) is 9.69 Å². The molecule has 3 atom stereocenters. The third-order valence-corrected chi connectivity index (χ3v) is 7.22. The van der Waals surface area contributed by atoms with Gasteiger partial charge < -0.3 is 15.0 Å². The van der Waals surface area contributed by atoms with E-state index in [2.05, 4.69) is 44.3 Å². The van der Waals surface area contributed by atoms with E-state index in [0.717, 1.165) is 42.7 Å². The first-order valence-electron chi connectivity index (χ1n) is 11.3. The van der Waals surface area contributed by atoms with Crippen molar-refractivity contribution in [3.8, 4) is 11.1 Å². The second-order valence-electron chi connectivity index (χ2n) is 8.66. The van der Waals surface area contributed by atoms with E-state index in [1.807, 2.05) is 30.3 Å². The van der Waals surface area contributed by atoms with Crippen LogP contribution in [0.15, 0.2) is 73.1 Å². The molecule has 34 heavy (non-hydrogen) atoms. The highest BCUT2D eigenvalue weighted by atomic mass is 32.2. The third-order valence-electron chi connectivity index (χ3n) is 6.07. The maximum Gasteiger partial charge on any atom is 0.267 e. The molecule has 3 unspecified atom stereocenters. The first kappa shape index (κ1) is 22.8. The van der Waals surface area contributed by atoms with Crippen molar-refractivity contribution < 1.29 is 14.5 Å². The number of nitrogens with one attached hydrogen (secondary N) is 2. The van der Waals surface area contributed by atoms with Crippen LogP contribution in [0, 0.1) is 0 Å². The largest absolute Gasteiger partial charge is 0.592 e. The molecule has 2 aliphatic heterocycles. The van der Waals surface area contributed by atoms with Crippen molar-refractivity contribution in [1.29, 1.82) is 0 Å². The van der Waals surface area contributed by atoms with Crippen LogP contribution >= 0.6 is 0 Å². The van der Waals surface area contributed by atoms with Gasteiger partial charge >= 0.3 is 0 Å². The second-order valence-corrected chi connectivity index (χ2v) is 9.85. The van der Waals surface area contributed by atoms with Gasteiger partial charge in [0.1, 0.15) is 11.4 Å². The van der Waals surface area contributed by atoms with Gasteiger partial charge in [0, 0.05) is 43.5 Å². The molecule has 2 aliphatic rings. The van der Waals surface area contributed by atoms with Crippen molar-refractivity contribution in [2.45, 2.75) is 31.7 Å². The molecule has 0 bridgehead atoms.